The first kappa shape index (κ1) is 12.7. The number of alkyl halides is 1. The van der Waals surface area contributed by atoms with Crippen molar-refractivity contribution >= 4 is 15.9 Å². The van der Waals surface area contributed by atoms with Gasteiger partial charge in [0.1, 0.15) is 0 Å². The average Bonchev–Trinajstić information content (AvgIpc) is 2.52. The molecule has 4 heteroatoms. The van der Waals surface area contributed by atoms with Crippen molar-refractivity contribution in [1.29, 1.82) is 0 Å². The summed E-state index contributed by atoms with van der Waals surface area (Å²) in [7, 11) is 2.00. The van der Waals surface area contributed by atoms with Gasteiger partial charge in [-0.15, -0.1) is 0 Å². The molecule has 15 heavy (non-hydrogen) atoms. The molecule has 0 aliphatic carbocycles. The molecule has 0 aliphatic rings. The SMILES string of the molecule is CCC(CCBr)NCc1cc(C)nn1C. The molecule has 1 aromatic heterocycles. The third kappa shape index (κ3) is 3.95. The molecule has 1 N–H and O–H groups in total. The van der Waals surface area contributed by atoms with E-state index in [1.165, 1.54) is 18.5 Å². The van der Waals surface area contributed by atoms with Gasteiger partial charge in [0.05, 0.1) is 11.4 Å². The Hall–Kier alpha value is -0.350. The number of aromatic nitrogens is 2. The summed E-state index contributed by atoms with van der Waals surface area (Å²) in [5, 5.41) is 8.94. The van der Waals surface area contributed by atoms with E-state index in [-0.39, 0.29) is 0 Å². The smallest absolute Gasteiger partial charge is 0.0597 e. The molecular weight excluding hydrogens is 254 g/mol. The van der Waals surface area contributed by atoms with Crippen molar-refractivity contribution in [2.45, 2.75) is 39.3 Å². The fraction of sp³-hybridized carbons (Fsp3) is 0.727. The van der Waals surface area contributed by atoms with E-state index >= 15 is 0 Å². The van der Waals surface area contributed by atoms with Crippen molar-refractivity contribution in [2.24, 2.45) is 7.05 Å². The zero-order chi connectivity index (χ0) is 11.3. The molecule has 3 nitrogen and oxygen atoms in total. The summed E-state index contributed by atoms with van der Waals surface area (Å²) in [5.41, 5.74) is 2.34. The second-order valence-corrected chi connectivity index (χ2v) is 4.66. The lowest BCUT2D eigenvalue weighted by molar-refractivity contribution is 0.476. The fourth-order valence-corrected chi connectivity index (χ4v) is 2.21. The molecule has 0 fully saturated rings. The molecule has 1 heterocycles. The number of nitrogens with zero attached hydrogens (tertiary/aromatic N) is 2. The summed E-state index contributed by atoms with van der Waals surface area (Å²) in [5.74, 6) is 0. The third-order valence-corrected chi connectivity index (χ3v) is 3.08. The van der Waals surface area contributed by atoms with Gasteiger partial charge in [0.2, 0.25) is 0 Å². The minimum Gasteiger partial charge on any atom is -0.308 e. The minimum atomic E-state index is 0.597. The lowest BCUT2D eigenvalue weighted by Crippen LogP contribution is -2.29. The molecule has 0 saturated heterocycles. The van der Waals surface area contributed by atoms with Crippen LogP contribution in [-0.4, -0.2) is 21.2 Å². The number of nitrogens with one attached hydrogen (secondary N) is 1. The van der Waals surface area contributed by atoms with Crippen molar-refractivity contribution in [2.75, 3.05) is 5.33 Å². The molecule has 1 rings (SSSR count). The van der Waals surface area contributed by atoms with Gasteiger partial charge in [-0.2, -0.15) is 5.10 Å². The average molecular weight is 274 g/mol. The highest BCUT2D eigenvalue weighted by Gasteiger charge is 2.06. The molecule has 0 aromatic carbocycles. The van der Waals surface area contributed by atoms with E-state index in [9.17, 15) is 0 Å². The Balaban J connectivity index is 2.44. The number of hydrogen-bond acceptors (Lipinski definition) is 2. The first-order valence-electron chi connectivity index (χ1n) is 5.46. The standard InChI is InChI=1S/C11H20BrN3/c1-4-10(5-6-12)13-8-11-7-9(2)14-15(11)3/h7,10,13H,4-6,8H2,1-3H3. The van der Waals surface area contributed by atoms with E-state index in [1.54, 1.807) is 0 Å². The highest BCUT2D eigenvalue weighted by atomic mass is 79.9. The van der Waals surface area contributed by atoms with E-state index in [0.29, 0.717) is 6.04 Å². The molecule has 1 atom stereocenters. The molecular formula is C11H20BrN3. The lowest BCUT2D eigenvalue weighted by atomic mass is 10.2. The van der Waals surface area contributed by atoms with Crippen molar-refractivity contribution in [3.8, 4) is 0 Å². The van der Waals surface area contributed by atoms with E-state index in [0.717, 1.165) is 17.6 Å². The summed E-state index contributed by atoms with van der Waals surface area (Å²) in [6.45, 7) is 5.15. The van der Waals surface area contributed by atoms with Crippen LogP contribution in [0.5, 0.6) is 0 Å². The maximum atomic E-state index is 4.33. The first-order chi connectivity index (χ1) is 7.17. The predicted molar refractivity (Wildman–Crippen MR) is 67.3 cm³/mol. The van der Waals surface area contributed by atoms with Crippen LogP contribution in [0.15, 0.2) is 6.07 Å². The van der Waals surface area contributed by atoms with E-state index in [2.05, 4.69) is 39.3 Å². The van der Waals surface area contributed by atoms with Gasteiger partial charge >= 0.3 is 0 Å². The van der Waals surface area contributed by atoms with Crippen LogP contribution in [0.4, 0.5) is 0 Å². The highest BCUT2D eigenvalue weighted by Crippen LogP contribution is 2.05. The van der Waals surface area contributed by atoms with Crippen LogP contribution < -0.4 is 5.32 Å². The van der Waals surface area contributed by atoms with Crippen LogP contribution >= 0.6 is 15.9 Å². The topological polar surface area (TPSA) is 29.9 Å². The van der Waals surface area contributed by atoms with Gasteiger partial charge < -0.3 is 5.32 Å². The molecule has 86 valence electrons. The predicted octanol–water partition coefficient (Wildman–Crippen LogP) is 2.38. The molecule has 0 bridgehead atoms. The Morgan fingerprint density at radius 3 is 2.80 bits per heavy atom. The van der Waals surface area contributed by atoms with Crippen LogP contribution in [-0.2, 0) is 13.6 Å². The van der Waals surface area contributed by atoms with Crippen molar-refractivity contribution in [3.05, 3.63) is 17.5 Å². The van der Waals surface area contributed by atoms with Crippen LogP contribution in [0.3, 0.4) is 0 Å². The van der Waals surface area contributed by atoms with Crippen LogP contribution in [0, 0.1) is 6.92 Å². The lowest BCUT2D eigenvalue weighted by Gasteiger charge is -2.15. The minimum absolute atomic E-state index is 0.597. The maximum Gasteiger partial charge on any atom is 0.0597 e. The molecule has 0 radical (unpaired) electrons. The molecule has 0 spiro atoms. The van der Waals surface area contributed by atoms with Gasteiger partial charge in [-0.25, -0.2) is 0 Å². The zero-order valence-corrected chi connectivity index (χ0v) is 11.3. The normalized spacial score (nSPS) is 13.1. The monoisotopic (exact) mass is 273 g/mol. The number of halogens is 1. The molecule has 1 unspecified atom stereocenters. The van der Waals surface area contributed by atoms with Gasteiger partial charge in [-0.05, 0) is 25.8 Å². The number of hydrogen-bond donors (Lipinski definition) is 1. The van der Waals surface area contributed by atoms with Gasteiger partial charge in [0, 0.05) is 25.0 Å². The largest absolute Gasteiger partial charge is 0.308 e. The van der Waals surface area contributed by atoms with Gasteiger partial charge in [0.15, 0.2) is 0 Å². The highest BCUT2D eigenvalue weighted by molar-refractivity contribution is 9.09. The second-order valence-electron chi connectivity index (χ2n) is 3.86. The summed E-state index contributed by atoms with van der Waals surface area (Å²) in [4.78, 5) is 0. The second kappa shape index (κ2) is 6.28. The Labute approximate surface area is 100 Å². The first-order valence-corrected chi connectivity index (χ1v) is 6.58. The molecule has 0 aliphatic heterocycles. The quantitative estimate of drug-likeness (QED) is 0.807. The summed E-state index contributed by atoms with van der Waals surface area (Å²) < 4.78 is 1.95. The van der Waals surface area contributed by atoms with Crippen LogP contribution in [0.25, 0.3) is 0 Å². The Bertz CT molecular complexity index is 296. The molecule has 1 aromatic rings. The number of aryl methyl sites for hydroxylation is 2. The van der Waals surface area contributed by atoms with E-state index in [4.69, 9.17) is 0 Å². The van der Waals surface area contributed by atoms with Gasteiger partial charge in [0.25, 0.3) is 0 Å². The fourth-order valence-electron chi connectivity index (χ4n) is 1.66. The Kier molecular flexibility index (Phi) is 5.32. The van der Waals surface area contributed by atoms with Crippen molar-refractivity contribution in [3.63, 3.8) is 0 Å². The Morgan fingerprint density at radius 2 is 2.33 bits per heavy atom. The summed E-state index contributed by atoms with van der Waals surface area (Å²) in [6.07, 6.45) is 2.34. The number of rotatable bonds is 6. The van der Waals surface area contributed by atoms with Gasteiger partial charge in [-0.1, -0.05) is 22.9 Å². The molecule has 0 saturated carbocycles. The Morgan fingerprint density at radius 1 is 1.60 bits per heavy atom. The van der Waals surface area contributed by atoms with E-state index in [1.807, 2.05) is 18.7 Å². The maximum absolute atomic E-state index is 4.33. The van der Waals surface area contributed by atoms with Crippen molar-refractivity contribution in [1.82, 2.24) is 15.1 Å². The van der Waals surface area contributed by atoms with E-state index < -0.39 is 0 Å². The third-order valence-electron chi connectivity index (χ3n) is 2.62. The van der Waals surface area contributed by atoms with Gasteiger partial charge in [-0.3, -0.25) is 4.68 Å². The zero-order valence-electron chi connectivity index (χ0n) is 9.76. The van der Waals surface area contributed by atoms with Crippen molar-refractivity contribution < 1.29 is 0 Å². The molecule has 0 amide bonds. The summed E-state index contributed by atoms with van der Waals surface area (Å²) >= 11 is 3.48. The van der Waals surface area contributed by atoms with Crippen LogP contribution in [0.2, 0.25) is 0 Å². The van der Waals surface area contributed by atoms with Crippen LogP contribution in [0.1, 0.15) is 31.2 Å². The summed E-state index contributed by atoms with van der Waals surface area (Å²) in [6, 6.07) is 2.73.